The van der Waals surface area contributed by atoms with Crippen LogP contribution in [0.3, 0.4) is 0 Å². The number of hydrogen-bond acceptors (Lipinski definition) is 5. The highest BCUT2D eigenvalue weighted by Crippen LogP contribution is 2.36. The maximum Gasteiger partial charge on any atom is 0.167 e. The van der Waals surface area contributed by atoms with Gasteiger partial charge >= 0.3 is 0 Å². The maximum atomic E-state index is 14.2. The van der Waals surface area contributed by atoms with Crippen molar-refractivity contribution in [3.63, 3.8) is 0 Å². The van der Waals surface area contributed by atoms with E-state index in [4.69, 9.17) is 9.47 Å². The molecule has 0 radical (unpaired) electrons. The lowest BCUT2D eigenvalue weighted by molar-refractivity contribution is -0.112. The number of amidine groups is 1. The summed E-state index contributed by atoms with van der Waals surface area (Å²) in [5.74, 6) is 0.787. The average molecular weight is 370 g/mol. The quantitative estimate of drug-likeness (QED) is 0.767. The third kappa shape index (κ3) is 3.67. The van der Waals surface area contributed by atoms with E-state index in [2.05, 4.69) is 9.89 Å². The van der Waals surface area contributed by atoms with E-state index in [1.807, 2.05) is 26.1 Å². The van der Waals surface area contributed by atoms with Gasteiger partial charge in [0.2, 0.25) is 0 Å². The van der Waals surface area contributed by atoms with Crippen LogP contribution >= 0.6 is 0 Å². The Labute approximate surface area is 158 Å². The zero-order valence-electron chi connectivity index (χ0n) is 15.6. The molecule has 0 saturated carbocycles. The Hall–Kier alpha value is -2.47. The van der Waals surface area contributed by atoms with Crippen molar-refractivity contribution in [2.24, 2.45) is 4.99 Å². The first-order valence-electron chi connectivity index (χ1n) is 9.34. The van der Waals surface area contributed by atoms with Crippen LogP contribution in [-0.4, -0.2) is 48.9 Å². The van der Waals surface area contributed by atoms with Gasteiger partial charge in [0.15, 0.2) is 17.3 Å². The summed E-state index contributed by atoms with van der Waals surface area (Å²) in [5.41, 5.74) is 3.08. The average Bonchev–Trinajstić information content (AvgIpc) is 3.22. The molecule has 0 amide bonds. The van der Waals surface area contributed by atoms with Crippen molar-refractivity contribution in [3.05, 3.63) is 46.9 Å². The maximum absolute atomic E-state index is 14.2. The lowest BCUT2D eigenvalue weighted by Gasteiger charge is -2.28. The predicted molar refractivity (Wildman–Crippen MR) is 101 cm³/mol. The number of rotatable bonds is 3. The molecule has 0 bridgehead atoms. The number of benzene rings is 1. The predicted octanol–water partition coefficient (Wildman–Crippen LogP) is 3.14. The van der Waals surface area contributed by atoms with E-state index >= 15 is 0 Å². The van der Waals surface area contributed by atoms with Gasteiger partial charge in [0.05, 0.1) is 19.3 Å². The second kappa shape index (κ2) is 7.27. The molecule has 5 nitrogen and oxygen atoms in total. The van der Waals surface area contributed by atoms with E-state index in [0.717, 1.165) is 30.1 Å². The van der Waals surface area contributed by atoms with Crippen molar-refractivity contribution in [1.29, 1.82) is 0 Å². The number of Topliss-reactive ketones (excluding diaryl/α,β-unsaturated/α-hetero) is 1. The number of nitrogens with zero attached hydrogens (tertiary/aromatic N) is 2. The molecule has 6 heteroatoms. The topological polar surface area (TPSA) is 51.1 Å². The van der Waals surface area contributed by atoms with Crippen LogP contribution in [0.25, 0.3) is 5.57 Å². The number of fused-ring (bicyclic) bond motifs is 1. The minimum atomic E-state index is -0.422. The lowest BCUT2D eigenvalue weighted by atomic mass is 10.0. The molecule has 1 aromatic rings. The third-order valence-electron chi connectivity index (χ3n) is 4.91. The molecule has 0 atom stereocenters. The van der Waals surface area contributed by atoms with Crippen molar-refractivity contribution in [2.75, 3.05) is 26.3 Å². The monoisotopic (exact) mass is 370 g/mol. The van der Waals surface area contributed by atoms with Crippen LogP contribution in [0.5, 0.6) is 5.75 Å². The molecule has 0 spiro atoms. The van der Waals surface area contributed by atoms with Gasteiger partial charge in [0.25, 0.3) is 0 Å². The Morgan fingerprint density at radius 3 is 2.78 bits per heavy atom. The van der Waals surface area contributed by atoms with Gasteiger partial charge in [-0.25, -0.2) is 9.38 Å². The van der Waals surface area contributed by atoms with E-state index in [0.29, 0.717) is 30.8 Å². The van der Waals surface area contributed by atoms with Gasteiger partial charge in [-0.2, -0.15) is 0 Å². The molecule has 27 heavy (non-hydrogen) atoms. The van der Waals surface area contributed by atoms with E-state index < -0.39 is 5.82 Å². The minimum absolute atomic E-state index is 0.00631. The van der Waals surface area contributed by atoms with Crippen LogP contribution in [0.2, 0.25) is 0 Å². The van der Waals surface area contributed by atoms with Crippen molar-refractivity contribution < 1.29 is 18.7 Å². The van der Waals surface area contributed by atoms with E-state index in [9.17, 15) is 9.18 Å². The Bertz CT molecular complexity index is 864. The summed E-state index contributed by atoms with van der Waals surface area (Å²) in [5, 5.41) is 0. The number of ether oxygens (including phenoxy) is 2. The summed E-state index contributed by atoms with van der Waals surface area (Å²) >= 11 is 0. The molecule has 1 aromatic carbocycles. The van der Waals surface area contributed by atoms with Crippen molar-refractivity contribution in [2.45, 2.75) is 32.8 Å². The van der Waals surface area contributed by atoms with Gasteiger partial charge in [-0.1, -0.05) is 0 Å². The standard InChI is InChI=1S/C21H23FN2O3/c1-13(2)27-20-11-16-15(9-18(20)22)10-19(25)17(16)7-14-8-21(23-12-14)24-3-5-26-6-4-24/h7,9,11-13H,3-6,8,10H2,1-2H3/b17-7-. The number of carbonyl (C=O) groups excluding carboxylic acids is 1. The van der Waals surface area contributed by atoms with Gasteiger partial charge < -0.3 is 14.4 Å². The Morgan fingerprint density at radius 2 is 2.04 bits per heavy atom. The molecule has 2 heterocycles. The van der Waals surface area contributed by atoms with E-state index in [-0.39, 0.29) is 24.1 Å². The Morgan fingerprint density at radius 1 is 1.26 bits per heavy atom. The fourth-order valence-electron chi connectivity index (χ4n) is 3.63. The van der Waals surface area contributed by atoms with E-state index in [1.54, 1.807) is 6.07 Å². The molecule has 142 valence electrons. The molecule has 3 aliphatic rings. The van der Waals surface area contributed by atoms with Gasteiger partial charge in [-0.15, -0.1) is 0 Å². The smallest absolute Gasteiger partial charge is 0.167 e. The van der Waals surface area contributed by atoms with Crippen LogP contribution in [0.1, 0.15) is 31.4 Å². The van der Waals surface area contributed by atoms with Crippen molar-refractivity contribution >= 4 is 17.2 Å². The number of allylic oxidation sites excluding steroid dienone is 2. The molecule has 0 N–H and O–H groups in total. The highest BCUT2D eigenvalue weighted by atomic mass is 19.1. The normalized spacial score (nSPS) is 21.0. The number of aliphatic imine (C=N–C) groups is 1. The van der Waals surface area contributed by atoms with Gasteiger partial charge in [-0.3, -0.25) is 4.79 Å². The summed E-state index contributed by atoms with van der Waals surface area (Å²) in [6.45, 7) is 6.81. The van der Waals surface area contributed by atoms with Crippen LogP contribution in [0.15, 0.2) is 35.0 Å². The summed E-state index contributed by atoms with van der Waals surface area (Å²) in [4.78, 5) is 19.3. The van der Waals surface area contributed by atoms with Crippen molar-refractivity contribution in [1.82, 2.24) is 4.90 Å². The number of hydrogen-bond donors (Lipinski definition) is 0. The third-order valence-corrected chi connectivity index (χ3v) is 4.91. The van der Waals surface area contributed by atoms with Gasteiger partial charge in [-0.05, 0) is 48.8 Å². The minimum Gasteiger partial charge on any atom is -0.488 e. The molecule has 1 saturated heterocycles. The highest BCUT2D eigenvalue weighted by Gasteiger charge is 2.28. The Balaban J connectivity index is 1.56. The SMILES string of the molecule is CC(C)Oc1cc2c(cc1F)CC(=O)/C2=C\C1=CN=C(N2CCOCC2)C1. The Kier molecular flexibility index (Phi) is 4.83. The molecule has 0 unspecified atom stereocenters. The van der Waals surface area contributed by atoms with Crippen LogP contribution in [-0.2, 0) is 16.0 Å². The summed E-state index contributed by atoms with van der Waals surface area (Å²) in [6, 6.07) is 3.07. The fraction of sp³-hybridized carbons (Fsp3) is 0.429. The zero-order chi connectivity index (χ0) is 19.0. The number of halogens is 1. The first-order chi connectivity index (χ1) is 13.0. The molecule has 4 rings (SSSR count). The second-order valence-corrected chi connectivity index (χ2v) is 7.29. The molecule has 1 fully saturated rings. The number of morpholine rings is 1. The highest BCUT2D eigenvalue weighted by molar-refractivity contribution is 6.26. The van der Waals surface area contributed by atoms with Crippen LogP contribution < -0.4 is 4.74 Å². The summed E-state index contributed by atoms with van der Waals surface area (Å²) in [7, 11) is 0. The fourth-order valence-corrected chi connectivity index (χ4v) is 3.63. The lowest BCUT2D eigenvalue weighted by Crippen LogP contribution is -2.40. The first-order valence-corrected chi connectivity index (χ1v) is 9.34. The second-order valence-electron chi connectivity index (χ2n) is 7.29. The van der Waals surface area contributed by atoms with Crippen molar-refractivity contribution in [3.8, 4) is 5.75 Å². The number of carbonyl (C=O) groups is 1. The first kappa shape index (κ1) is 17.9. The summed E-state index contributed by atoms with van der Waals surface area (Å²) < 4.78 is 25.2. The van der Waals surface area contributed by atoms with Gasteiger partial charge in [0, 0.05) is 37.7 Å². The molecular weight excluding hydrogens is 347 g/mol. The summed E-state index contributed by atoms with van der Waals surface area (Å²) in [6.07, 6.45) is 4.50. The van der Waals surface area contributed by atoms with E-state index in [1.165, 1.54) is 6.07 Å². The molecule has 2 aliphatic heterocycles. The molecule has 0 aromatic heterocycles. The van der Waals surface area contributed by atoms with Gasteiger partial charge in [0.1, 0.15) is 5.84 Å². The molecular formula is C21H23FN2O3. The molecule has 1 aliphatic carbocycles. The number of ketones is 1. The largest absolute Gasteiger partial charge is 0.488 e. The van der Waals surface area contributed by atoms with Crippen LogP contribution in [0, 0.1) is 5.82 Å². The van der Waals surface area contributed by atoms with Crippen LogP contribution in [0.4, 0.5) is 4.39 Å². The zero-order valence-corrected chi connectivity index (χ0v) is 15.6.